The number of hydrogen-bond acceptors (Lipinski definition) is 5. The van der Waals surface area contributed by atoms with Crippen molar-refractivity contribution in [2.45, 2.75) is 44.2 Å². The van der Waals surface area contributed by atoms with E-state index in [1.807, 2.05) is 65.6 Å². The molecule has 3 amide bonds. The fourth-order valence-electron chi connectivity index (χ4n) is 5.49. The first kappa shape index (κ1) is 27.4. The van der Waals surface area contributed by atoms with Crippen LogP contribution in [0.5, 0.6) is 0 Å². The molecular weight excluding hydrogens is 502 g/mol. The summed E-state index contributed by atoms with van der Waals surface area (Å²) < 4.78 is 0. The van der Waals surface area contributed by atoms with E-state index in [1.54, 1.807) is 18.2 Å². The quantitative estimate of drug-likeness (QED) is 0.433. The van der Waals surface area contributed by atoms with Crippen LogP contribution in [-0.2, 0) is 0 Å². The summed E-state index contributed by atoms with van der Waals surface area (Å²) in [7, 11) is 0. The summed E-state index contributed by atoms with van der Waals surface area (Å²) in [4.78, 5) is 43.5. The van der Waals surface area contributed by atoms with Crippen LogP contribution in [0.3, 0.4) is 0 Å². The Labute approximate surface area is 235 Å². The van der Waals surface area contributed by atoms with Gasteiger partial charge in [0.2, 0.25) is 0 Å². The maximum atomic E-state index is 13.2. The van der Waals surface area contributed by atoms with Crippen LogP contribution in [-0.4, -0.2) is 60.9 Å². The number of benzene rings is 3. The third-order valence-corrected chi connectivity index (χ3v) is 7.79. The Morgan fingerprint density at radius 3 is 2.08 bits per heavy atom. The van der Waals surface area contributed by atoms with Crippen molar-refractivity contribution in [2.75, 3.05) is 36.4 Å². The minimum atomic E-state index is -0.239. The van der Waals surface area contributed by atoms with E-state index in [0.717, 1.165) is 44.3 Å². The second kappa shape index (κ2) is 12.8. The second-order valence-corrected chi connectivity index (χ2v) is 10.6. The van der Waals surface area contributed by atoms with Gasteiger partial charge >= 0.3 is 0 Å². The minimum Gasteiger partial charge on any atom is -0.368 e. The van der Waals surface area contributed by atoms with Crippen molar-refractivity contribution in [1.29, 1.82) is 0 Å². The van der Waals surface area contributed by atoms with Gasteiger partial charge in [0.15, 0.2) is 0 Å². The fraction of sp³-hybridized carbons (Fsp3) is 0.344. The van der Waals surface area contributed by atoms with Crippen LogP contribution in [0.1, 0.15) is 63.2 Å². The number of nitrogens with two attached hydrogens (primary N) is 1. The lowest BCUT2D eigenvalue weighted by molar-refractivity contribution is 0.0766. The topological polar surface area (TPSA) is 108 Å². The van der Waals surface area contributed by atoms with Gasteiger partial charge in [0, 0.05) is 55.0 Å². The van der Waals surface area contributed by atoms with E-state index >= 15 is 0 Å². The number of amides is 3. The van der Waals surface area contributed by atoms with E-state index in [-0.39, 0.29) is 29.8 Å². The Morgan fingerprint density at radius 2 is 1.38 bits per heavy atom. The largest absolute Gasteiger partial charge is 0.368 e. The molecule has 0 aromatic heterocycles. The number of rotatable bonds is 6. The number of carbonyl (C=O) groups excluding carboxylic acids is 3. The molecular formula is C32H37N5O3. The lowest BCUT2D eigenvalue weighted by Gasteiger charge is -2.28. The molecule has 0 bridgehead atoms. The summed E-state index contributed by atoms with van der Waals surface area (Å²) in [5.74, 6) is -0.371. The highest BCUT2D eigenvalue weighted by atomic mass is 16.2. The molecule has 0 unspecified atom stereocenters. The molecule has 1 aliphatic carbocycles. The number of carbonyl (C=O) groups is 3. The van der Waals surface area contributed by atoms with Crippen molar-refractivity contribution < 1.29 is 14.4 Å². The molecule has 0 spiro atoms. The van der Waals surface area contributed by atoms with Gasteiger partial charge in [0.25, 0.3) is 17.7 Å². The van der Waals surface area contributed by atoms with Gasteiger partial charge in [0.1, 0.15) is 0 Å². The Hall–Kier alpha value is -4.17. The van der Waals surface area contributed by atoms with Crippen LogP contribution >= 0.6 is 0 Å². The summed E-state index contributed by atoms with van der Waals surface area (Å²) in [6.45, 7) is 2.55. The molecule has 2 fully saturated rings. The van der Waals surface area contributed by atoms with Crippen LogP contribution in [0.4, 0.5) is 11.4 Å². The van der Waals surface area contributed by atoms with Crippen LogP contribution in [0.15, 0.2) is 78.9 Å². The first-order valence-corrected chi connectivity index (χ1v) is 14.1. The number of nitrogens with zero attached hydrogens (tertiary/aromatic N) is 2. The molecule has 1 saturated carbocycles. The minimum absolute atomic E-state index is 0.0238. The van der Waals surface area contributed by atoms with E-state index in [4.69, 9.17) is 5.73 Å². The maximum Gasteiger partial charge on any atom is 0.255 e. The Morgan fingerprint density at radius 1 is 0.700 bits per heavy atom. The Balaban J connectivity index is 1.35. The average Bonchev–Trinajstić information content (AvgIpc) is 3.25. The van der Waals surface area contributed by atoms with E-state index in [0.29, 0.717) is 42.0 Å². The zero-order chi connectivity index (χ0) is 27.9. The van der Waals surface area contributed by atoms with Crippen LogP contribution in [0.2, 0.25) is 0 Å². The van der Waals surface area contributed by atoms with Gasteiger partial charge in [-0.05, 0) is 74.6 Å². The van der Waals surface area contributed by atoms with Crippen LogP contribution in [0.25, 0.3) is 0 Å². The van der Waals surface area contributed by atoms with Crippen molar-refractivity contribution in [1.82, 2.24) is 10.2 Å². The molecule has 40 heavy (non-hydrogen) atoms. The molecule has 208 valence electrons. The van der Waals surface area contributed by atoms with Crippen molar-refractivity contribution in [3.8, 4) is 0 Å². The summed E-state index contributed by atoms with van der Waals surface area (Å²) in [6, 6.07) is 24.2. The van der Waals surface area contributed by atoms with Crippen molar-refractivity contribution in [3.05, 3.63) is 95.6 Å². The Bertz CT molecular complexity index is 1320. The molecule has 5 rings (SSSR count). The van der Waals surface area contributed by atoms with Gasteiger partial charge in [-0.25, -0.2) is 0 Å². The van der Waals surface area contributed by atoms with E-state index in [1.165, 1.54) is 0 Å². The highest BCUT2D eigenvalue weighted by molar-refractivity contribution is 6.07. The molecule has 8 nitrogen and oxygen atoms in total. The zero-order valence-electron chi connectivity index (χ0n) is 22.7. The third kappa shape index (κ3) is 6.69. The molecule has 1 heterocycles. The lowest BCUT2D eigenvalue weighted by atomic mass is 9.91. The van der Waals surface area contributed by atoms with E-state index in [9.17, 15) is 14.4 Å². The predicted molar refractivity (Wildman–Crippen MR) is 158 cm³/mol. The number of anilines is 2. The molecule has 1 aliphatic heterocycles. The molecule has 0 atom stereocenters. The van der Waals surface area contributed by atoms with Gasteiger partial charge in [-0.15, -0.1) is 0 Å². The van der Waals surface area contributed by atoms with Crippen LogP contribution < -0.4 is 21.3 Å². The van der Waals surface area contributed by atoms with Gasteiger partial charge in [0.05, 0.1) is 11.4 Å². The van der Waals surface area contributed by atoms with Gasteiger partial charge < -0.3 is 26.2 Å². The van der Waals surface area contributed by atoms with Crippen LogP contribution in [0, 0.1) is 0 Å². The van der Waals surface area contributed by atoms with Crippen molar-refractivity contribution in [3.63, 3.8) is 0 Å². The summed E-state index contributed by atoms with van der Waals surface area (Å²) in [6.07, 6.45) is 4.34. The van der Waals surface area contributed by atoms with Crippen molar-refractivity contribution in [2.24, 2.45) is 5.73 Å². The normalized spacial score (nSPS) is 19.4. The molecule has 1 saturated heterocycles. The van der Waals surface area contributed by atoms with E-state index < -0.39 is 0 Å². The van der Waals surface area contributed by atoms with Gasteiger partial charge in [-0.1, -0.05) is 36.4 Å². The predicted octanol–water partition coefficient (Wildman–Crippen LogP) is 4.29. The fourth-order valence-corrected chi connectivity index (χ4v) is 5.49. The maximum absolute atomic E-state index is 13.2. The monoisotopic (exact) mass is 539 g/mol. The molecule has 3 aromatic rings. The summed E-state index contributed by atoms with van der Waals surface area (Å²) in [5.41, 5.74) is 9.16. The zero-order valence-corrected chi connectivity index (χ0v) is 22.7. The molecule has 8 heteroatoms. The Kier molecular flexibility index (Phi) is 8.76. The third-order valence-electron chi connectivity index (χ3n) is 7.79. The number of hydrogen-bond donors (Lipinski definition) is 3. The second-order valence-electron chi connectivity index (χ2n) is 10.6. The smallest absolute Gasteiger partial charge is 0.255 e. The first-order chi connectivity index (χ1) is 19.5. The molecule has 0 radical (unpaired) electrons. The average molecular weight is 540 g/mol. The first-order valence-electron chi connectivity index (χ1n) is 14.1. The molecule has 3 aromatic carbocycles. The van der Waals surface area contributed by atoms with E-state index in [2.05, 4.69) is 15.5 Å². The number of nitrogens with one attached hydrogen (secondary N) is 2. The lowest BCUT2D eigenvalue weighted by Crippen LogP contribution is -2.40. The van der Waals surface area contributed by atoms with Gasteiger partial charge in [-0.3, -0.25) is 14.4 Å². The van der Waals surface area contributed by atoms with Crippen molar-refractivity contribution >= 4 is 29.1 Å². The SMILES string of the molecule is NC1CCC(NC(=O)c2ccc(N3CCCN(C(=O)c4ccccc4)CC3)c(NC(=O)c3ccccc3)c2)CC1. The molecule has 2 aliphatic rings. The highest BCUT2D eigenvalue weighted by Crippen LogP contribution is 2.30. The standard InChI is InChI=1S/C32H37N5O3/c33-26-13-15-27(16-14-26)34-31(39)25-12-17-29(28(22-25)35-30(38)23-8-3-1-4-9-23)36-18-7-19-37(21-20-36)32(40)24-10-5-2-6-11-24/h1-6,8-12,17,22,26-27H,7,13-16,18-21,33H2,(H,34,39)(H,35,38). The van der Waals surface area contributed by atoms with Gasteiger partial charge in [-0.2, -0.15) is 0 Å². The highest BCUT2D eigenvalue weighted by Gasteiger charge is 2.24. The summed E-state index contributed by atoms with van der Waals surface area (Å²) >= 11 is 0. The summed E-state index contributed by atoms with van der Waals surface area (Å²) in [5, 5.41) is 6.20. The molecule has 4 N–H and O–H groups in total.